The van der Waals surface area contributed by atoms with E-state index in [0.29, 0.717) is 26.1 Å². The third-order valence-electron chi connectivity index (χ3n) is 4.14. The van der Waals surface area contributed by atoms with Crippen molar-refractivity contribution in [2.24, 2.45) is 0 Å². The van der Waals surface area contributed by atoms with E-state index in [2.05, 4.69) is 5.32 Å². The van der Waals surface area contributed by atoms with E-state index in [0.717, 1.165) is 16.1 Å². The lowest BCUT2D eigenvalue weighted by molar-refractivity contribution is -0.0113. The summed E-state index contributed by atoms with van der Waals surface area (Å²) in [5, 5.41) is 2.93. The zero-order chi connectivity index (χ0) is 17.6. The number of carbonyl (C=O) groups is 1. The molecule has 0 aliphatic carbocycles. The summed E-state index contributed by atoms with van der Waals surface area (Å²) in [6, 6.07) is 14.1. The van der Waals surface area contributed by atoms with Crippen LogP contribution in [0.5, 0.6) is 0 Å². The molecule has 132 valence electrons. The summed E-state index contributed by atoms with van der Waals surface area (Å²) in [6.07, 6.45) is 2.60. The van der Waals surface area contributed by atoms with Gasteiger partial charge in [-0.15, -0.1) is 11.8 Å². The molecule has 1 aliphatic heterocycles. The van der Waals surface area contributed by atoms with E-state index in [-0.39, 0.29) is 18.0 Å². The number of rotatable bonds is 4. The maximum atomic E-state index is 13.0. The van der Waals surface area contributed by atoms with Crippen molar-refractivity contribution in [3.63, 3.8) is 0 Å². The molecule has 1 atom stereocenters. The van der Waals surface area contributed by atoms with Gasteiger partial charge in [0.1, 0.15) is 5.82 Å². The molecule has 6 heteroatoms. The average molecular weight is 360 g/mol. The van der Waals surface area contributed by atoms with Gasteiger partial charge in [-0.1, -0.05) is 12.1 Å². The smallest absolute Gasteiger partial charge is 0.322 e. The van der Waals surface area contributed by atoms with E-state index in [1.165, 1.54) is 12.1 Å². The van der Waals surface area contributed by atoms with Crippen molar-refractivity contribution in [3.05, 3.63) is 59.9 Å². The zero-order valence-corrected chi connectivity index (χ0v) is 14.9. The first-order valence-corrected chi connectivity index (χ1v) is 9.42. The summed E-state index contributed by atoms with van der Waals surface area (Å²) in [5.74, 6) is -0.248. The molecule has 0 radical (unpaired) electrons. The number of nitrogens with one attached hydrogen (secondary N) is 1. The van der Waals surface area contributed by atoms with Crippen molar-refractivity contribution in [2.75, 3.05) is 31.3 Å². The third-order valence-corrected chi connectivity index (χ3v) is 4.89. The summed E-state index contributed by atoms with van der Waals surface area (Å²) < 4.78 is 18.7. The summed E-state index contributed by atoms with van der Waals surface area (Å²) in [6.45, 7) is 1.59. The van der Waals surface area contributed by atoms with Crippen LogP contribution in [0.15, 0.2) is 53.4 Å². The number of hydrogen-bond acceptors (Lipinski definition) is 3. The first kappa shape index (κ1) is 17.8. The van der Waals surface area contributed by atoms with Crippen LogP contribution in [0.25, 0.3) is 0 Å². The van der Waals surface area contributed by atoms with Gasteiger partial charge in [-0.3, -0.25) is 0 Å². The molecule has 1 aliphatic rings. The minimum atomic E-state index is -0.248. The van der Waals surface area contributed by atoms with Crippen molar-refractivity contribution < 1.29 is 13.9 Å². The fourth-order valence-corrected chi connectivity index (χ4v) is 3.20. The molecule has 0 unspecified atom stereocenters. The van der Waals surface area contributed by atoms with Gasteiger partial charge < -0.3 is 15.0 Å². The Labute approximate surface area is 151 Å². The number of nitrogens with zero attached hydrogens (tertiary/aromatic N) is 1. The fraction of sp³-hybridized carbons (Fsp3) is 0.316. The first-order chi connectivity index (χ1) is 12.1. The summed E-state index contributed by atoms with van der Waals surface area (Å²) in [5.41, 5.74) is 1.78. The molecule has 1 heterocycles. The van der Waals surface area contributed by atoms with E-state index in [1.807, 2.05) is 30.5 Å². The molecule has 4 nitrogen and oxygen atoms in total. The monoisotopic (exact) mass is 360 g/mol. The minimum Gasteiger partial charge on any atom is -0.374 e. The molecular weight excluding hydrogens is 339 g/mol. The molecule has 0 aromatic heterocycles. The molecule has 1 N–H and O–H groups in total. The van der Waals surface area contributed by atoms with Gasteiger partial charge in [0.15, 0.2) is 0 Å². The van der Waals surface area contributed by atoms with Gasteiger partial charge in [-0.05, 0) is 48.2 Å². The molecule has 3 rings (SSSR count). The van der Waals surface area contributed by atoms with Crippen LogP contribution in [0.4, 0.5) is 14.9 Å². The van der Waals surface area contributed by atoms with E-state index >= 15 is 0 Å². The van der Waals surface area contributed by atoms with Gasteiger partial charge in [-0.25, -0.2) is 9.18 Å². The van der Waals surface area contributed by atoms with Crippen LogP contribution in [0.2, 0.25) is 0 Å². The SMILES string of the molecule is CSc1ccc(NC(=O)N2CCO[C@H](Cc3ccc(F)cc3)C2)cc1. The molecule has 2 amide bonds. The van der Waals surface area contributed by atoms with Gasteiger partial charge in [-0.2, -0.15) is 0 Å². The predicted octanol–water partition coefficient (Wildman–Crippen LogP) is 4.02. The Hall–Kier alpha value is -2.05. The number of halogens is 1. The van der Waals surface area contributed by atoms with Crippen molar-refractivity contribution in [1.82, 2.24) is 4.90 Å². The van der Waals surface area contributed by atoms with Crippen molar-refractivity contribution in [3.8, 4) is 0 Å². The lowest BCUT2D eigenvalue weighted by atomic mass is 10.1. The summed E-state index contributed by atoms with van der Waals surface area (Å²) in [4.78, 5) is 15.4. The molecule has 0 bridgehead atoms. The maximum absolute atomic E-state index is 13.0. The normalized spacial score (nSPS) is 17.4. The van der Waals surface area contributed by atoms with Crippen LogP contribution in [0.1, 0.15) is 5.56 Å². The van der Waals surface area contributed by atoms with Crippen LogP contribution >= 0.6 is 11.8 Å². The first-order valence-electron chi connectivity index (χ1n) is 8.20. The highest BCUT2D eigenvalue weighted by molar-refractivity contribution is 7.98. The Morgan fingerprint density at radius 3 is 2.64 bits per heavy atom. The number of morpholine rings is 1. The molecular formula is C19H21FN2O2S. The topological polar surface area (TPSA) is 41.6 Å². The average Bonchev–Trinajstić information content (AvgIpc) is 2.64. The maximum Gasteiger partial charge on any atom is 0.322 e. The van der Waals surface area contributed by atoms with Crippen LogP contribution in [-0.2, 0) is 11.2 Å². The molecule has 0 spiro atoms. The fourth-order valence-electron chi connectivity index (χ4n) is 2.79. The van der Waals surface area contributed by atoms with Crippen molar-refractivity contribution in [1.29, 1.82) is 0 Å². The second-order valence-corrected chi connectivity index (χ2v) is 6.81. The molecule has 0 saturated carbocycles. The van der Waals surface area contributed by atoms with Crippen LogP contribution in [-0.4, -0.2) is 43.0 Å². The third kappa shape index (κ3) is 4.96. The zero-order valence-electron chi connectivity index (χ0n) is 14.1. The number of hydrogen-bond donors (Lipinski definition) is 1. The Morgan fingerprint density at radius 2 is 1.96 bits per heavy atom. The van der Waals surface area contributed by atoms with Crippen molar-refractivity contribution in [2.45, 2.75) is 17.4 Å². The number of carbonyl (C=O) groups excluding carboxylic acids is 1. The highest BCUT2D eigenvalue weighted by Crippen LogP contribution is 2.18. The highest BCUT2D eigenvalue weighted by Gasteiger charge is 2.24. The lowest BCUT2D eigenvalue weighted by Gasteiger charge is -2.33. The minimum absolute atomic E-state index is 0.0798. The Morgan fingerprint density at radius 1 is 1.24 bits per heavy atom. The van der Waals surface area contributed by atoms with Gasteiger partial charge >= 0.3 is 6.03 Å². The van der Waals surface area contributed by atoms with Gasteiger partial charge in [0.2, 0.25) is 0 Å². The van der Waals surface area contributed by atoms with E-state index in [4.69, 9.17) is 4.74 Å². The van der Waals surface area contributed by atoms with Crippen LogP contribution in [0.3, 0.4) is 0 Å². The number of benzene rings is 2. The molecule has 1 fully saturated rings. The summed E-state index contributed by atoms with van der Waals surface area (Å²) >= 11 is 1.66. The number of anilines is 1. The van der Waals surface area contributed by atoms with E-state index in [1.54, 1.807) is 28.8 Å². The standard InChI is InChI=1S/C19H21FN2O2S/c1-25-18-8-6-16(7-9-18)21-19(23)22-10-11-24-17(13-22)12-14-2-4-15(20)5-3-14/h2-9,17H,10-13H2,1H3,(H,21,23)/t17-/m1/s1. The Balaban J connectivity index is 1.56. The second kappa shape index (κ2) is 8.36. The van der Waals surface area contributed by atoms with E-state index in [9.17, 15) is 9.18 Å². The van der Waals surface area contributed by atoms with Gasteiger partial charge in [0.05, 0.1) is 12.7 Å². The van der Waals surface area contributed by atoms with Gasteiger partial charge in [0, 0.05) is 30.1 Å². The van der Waals surface area contributed by atoms with E-state index < -0.39 is 0 Å². The molecule has 2 aromatic carbocycles. The number of ether oxygens (including phenoxy) is 1. The molecule has 1 saturated heterocycles. The Kier molecular flexibility index (Phi) is 5.94. The summed E-state index contributed by atoms with van der Waals surface area (Å²) in [7, 11) is 0. The van der Waals surface area contributed by atoms with Crippen LogP contribution < -0.4 is 5.32 Å². The van der Waals surface area contributed by atoms with Crippen LogP contribution in [0, 0.1) is 5.82 Å². The Bertz CT molecular complexity index is 706. The second-order valence-electron chi connectivity index (χ2n) is 5.93. The lowest BCUT2D eigenvalue weighted by Crippen LogP contribution is -2.48. The predicted molar refractivity (Wildman–Crippen MR) is 98.7 cm³/mol. The van der Waals surface area contributed by atoms with Gasteiger partial charge in [0.25, 0.3) is 0 Å². The largest absolute Gasteiger partial charge is 0.374 e. The van der Waals surface area contributed by atoms with Crippen molar-refractivity contribution >= 4 is 23.5 Å². The number of amides is 2. The number of urea groups is 1. The molecule has 2 aromatic rings. The quantitative estimate of drug-likeness (QED) is 0.837. The highest BCUT2D eigenvalue weighted by atomic mass is 32.2. The molecule has 25 heavy (non-hydrogen) atoms. The number of thioether (sulfide) groups is 1.